The minimum absolute atomic E-state index is 0.0318. The van der Waals surface area contributed by atoms with E-state index >= 15 is 0 Å². The molecule has 0 heterocycles. The van der Waals surface area contributed by atoms with Crippen LogP contribution in [0.25, 0.3) is 0 Å². The first-order valence-electron chi connectivity index (χ1n) is 13.8. The highest BCUT2D eigenvalue weighted by molar-refractivity contribution is 7.92. The molecule has 1 atom stereocenters. The van der Waals surface area contributed by atoms with Gasteiger partial charge in [0.15, 0.2) is 0 Å². The summed E-state index contributed by atoms with van der Waals surface area (Å²) in [5, 5.41) is 3.45. The van der Waals surface area contributed by atoms with Gasteiger partial charge in [-0.15, -0.1) is 0 Å². The summed E-state index contributed by atoms with van der Waals surface area (Å²) in [5.41, 5.74) is 0.936. The second-order valence-electron chi connectivity index (χ2n) is 9.58. The zero-order chi connectivity index (χ0) is 30.7. The van der Waals surface area contributed by atoms with Gasteiger partial charge < -0.3 is 19.7 Å². The summed E-state index contributed by atoms with van der Waals surface area (Å²) in [7, 11) is -1.34. The van der Waals surface area contributed by atoms with Crippen molar-refractivity contribution in [2.75, 3.05) is 31.6 Å². The molecule has 226 valence electrons. The lowest BCUT2D eigenvalue weighted by Crippen LogP contribution is -2.52. The fraction of sp³-hybridized carbons (Fsp3) is 0.355. The number of para-hydroxylation sites is 2. The Morgan fingerprint density at radius 1 is 0.929 bits per heavy atom. The summed E-state index contributed by atoms with van der Waals surface area (Å²) in [6.45, 7) is 3.83. The van der Waals surface area contributed by atoms with Gasteiger partial charge in [-0.3, -0.25) is 13.9 Å². The Hall–Kier alpha value is -3.76. The van der Waals surface area contributed by atoms with Crippen LogP contribution in [0.1, 0.15) is 38.7 Å². The average molecular weight is 616 g/mol. The summed E-state index contributed by atoms with van der Waals surface area (Å²) in [4.78, 5) is 28.8. The van der Waals surface area contributed by atoms with Gasteiger partial charge in [0, 0.05) is 18.1 Å². The Morgan fingerprint density at radius 3 is 2.19 bits per heavy atom. The quantitative estimate of drug-likeness (QED) is 0.233. The Kier molecular flexibility index (Phi) is 12.1. The van der Waals surface area contributed by atoms with Crippen molar-refractivity contribution >= 4 is 39.1 Å². The lowest BCUT2D eigenvalue weighted by molar-refractivity contribution is -0.140. The van der Waals surface area contributed by atoms with E-state index in [-0.39, 0.29) is 28.8 Å². The number of hydrogen-bond acceptors (Lipinski definition) is 6. The summed E-state index contributed by atoms with van der Waals surface area (Å²) in [6, 6.07) is 18.6. The van der Waals surface area contributed by atoms with Crippen LogP contribution in [-0.4, -0.2) is 58.5 Å². The van der Waals surface area contributed by atoms with Gasteiger partial charge in [-0.25, -0.2) is 8.42 Å². The number of amides is 2. The molecule has 0 bridgehead atoms. The van der Waals surface area contributed by atoms with Crippen molar-refractivity contribution in [1.82, 2.24) is 10.2 Å². The van der Waals surface area contributed by atoms with E-state index in [1.54, 1.807) is 48.5 Å². The highest BCUT2D eigenvalue weighted by Gasteiger charge is 2.34. The van der Waals surface area contributed by atoms with E-state index in [0.29, 0.717) is 23.7 Å². The van der Waals surface area contributed by atoms with E-state index in [1.165, 1.54) is 43.4 Å². The smallest absolute Gasteiger partial charge is 0.264 e. The van der Waals surface area contributed by atoms with Gasteiger partial charge in [-0.1, -0.05) is 56.1 Å². The summed E-state index contributed by atoms with van der Waals surface area (Å²) < 4.78 is 39.8. The maximum atomic E-state index is 14.2. The minimum atomic E-state index is -4.26. The molecule has 9 nitrogen and oxygen atoms in total. The molecule has 0 aliphatic heterocycles. The maximum absolute atomic E-state index is 14.2. The van der Waals surface area contributed by atoms with Crippen LogP contribution in [0.5, 0.6) is 11.5 Å². The fourth-order valence-electron chi connectivity index (χ4n) is 4.44. The van der Waals surface area contributed by atoms with Gasteiger partial charge in [0.1, 0.15) is 24.1 Å². The van der Waals surface area contributed by atoms with Gasteiger partial charge >= 0.3 is 0 Å². The molecule has 3 aromatic carbocycles. The number of hydrogen-bond donors (Lipinski definition) is 1. The van der Waals surface area contributed by atoms with Gasteiger partial charge in [0.2, 0.25) is 11.8 Å². The molecule has 0 saturated heterocycles. The molecule has 42 heavy (non-hydrogen) atoms. The number of anilines is 1. The predicted octanol–water partition coefficient (Wildman–Crippen LogP) is 5.28. The number of nitrogens with one attached hydrogen (secondary N) is 1. The van der Waals surface area contributed by atoms with Crippen molar-refractivity contribution in [3.63, 3.8) is 0 Å². The van der Waals surface area contributed by atoms with Gasteiger partial charge in [0.05, 0.1) is 24.8 Å². The Balaban J connectivity index is 2.07. The zero-order valence-electron chi connectivity index (χ0n) is 24.4. The van der Waals surface area contributed by atoms with Crippen LogP contribution in [0.4, 0.5) is 5.69 Å². The number of nitrogens with zero attached hydrogens (tertiary/aromatic N) is 2. The minimum Gasteiger partial charge on any atom is -0.497 e. The summed E-state index contributed by atoms with van der Waals surface area (Å²) in [5.74, 6) is -0.0839. The van der Waals surface area contributed by atoms with Crippen molar-refractivity contribution in [2.24, 2.45) is 0 Å². The van der Waals surface area contributed by atoms with Crippen molar-refractivity contribution < 1.29 is 27.5 Å². The highest BCUT2D eigenvalue weighted by Crippen LogP contribution is 2.33. The van der Waals surface area contributed by atoms with E-state index < -0.39 is 28.5 Å². The molecular formula is C31H38ClN3O6S. The largest absolute Gasteiger partial charge is 0.497 e. The van der Waals surface area contributed by atoms with Crippen molar-refractivity contribution in [1.29, 1.82) is 0 Å². The zero-order valence-corrected chi connectivity index (χ0v) is 26.0. The average Bonchev–Trinajstić information content (AvgIpc) is 3.00. The van der Waals surface area contributed by atoms with E-state index in [1.807, 2.05) is 13.8 Å². The molecule has 0 fully saturated rings. The van der Waals surface area contributed by atoms with E-state index in [9.17, 15) is 18.0 Å². The molecule has 11 heteroatoms. The molecule has 1 N–H and O–H groups in total. The molecule has 0 aromatic heterocycles. The number of sulfonamides is 1. The molecule has 0 radical (unpaired) electrons. The second kappa shape index (κ2) is 15.5. The SMILES string of the molecule is CCCCNC(=O)C(CC)N(Cc1ccc(Cl)cc1)C(=O)CN(c1ccccc1OC)S(=O)(=O)c1ccc(OC)cc1. The van der Waals surface area contributed by atoms with Gasteiger partial charge in [0.25, 0.3) is 10.0 Å². The van der Waals surface area contributed by atoms with E-state index in [4.69, 9.17) is 21.1 Å². The van der Waals surface area contributed by atoms with Gasteiger partial charge in [-0.05, 0) is 66.9 Å². The monoisotopic (exact) mass is 615 g/mol. The van der Waals surface area contributed by atoms with E-state index in [0.717, 1.165) is 22.7 Å². The molecule has 3 rings (SSSR count). The first-order valence-corrected chi connectivity index (χ1v) is 15.6. The lowest BCUT2D eigenvalue weighted by atomic mass is 10.1. The van der Waals surface area contributed by atoms with Crippen LogP contribution >= 0.6 is 11.6 Å². The molecule has 2 amide bonds. The van der Waals surface area contributed by atoms with Crippen LogP contribution < -0.4 is 19.1 Å². The van der Waals surface area contributed by atoms with Crippen LogP contribution in [0, 0.1) is 0 Å². The van der Waals surface area contributed by atoms with Crippen LogP contribution in [0.2, 0.25) is 5.02 Å². The second-order valence-corrected chi connectivity index (χ2v) is 11.9. The first-order chi connectivity index (χ1) is 20.2. The third-order valence-electron chi connectivity index (χ3n) is 6.76. The number of benzene rings is 3. The standard InChI is InChI=1S/C31H38ClN3O6S/c1-5-7-20-33-31(37)27(6-2)34(21-23-12-14-24(32)15-13-23)30(36)22-35(28-10-8-9-11-29(28)41-4)42(38,39)26-18-16-25(40-3)17-19-26/h8-19,27H,5-7,20-22H2,1-4H3,(H,33,37). The van der Waals surface area contributed by atoms with Gasteiger partial charge in [-0.2, -0.15) is 0 Å². The summed E-state index contributed by atoms with van der Waals surface area (Å²) >= 11 is 6.08. The molecule has 0 saturated carbocycles. The topological polar surface area (TPSA) is 105 Å². The fourth-order valence-corrected chi connectivity index (χ4v) is 5.99. The number of methoxy groups -OCH3 is 2. The van der Waals surface area contributed by atoms with Crippen molar-refractivity contribution in [3.05, 3.63) is 83.4 Å². The third-order valence-corrected chi connectivity index (χ3v) is 8.79. The first kappa shape index (κ1) is 32.8. The number of halogens is 1. The molecular weight excluding hydrogens is 578 g/mol. The van der Waals surface area contributed by atoms with Crippen LogP contribution in [0.3, 0.4) is 0 Å². The molecule has 0 aliphatic carbocycles. The Labute approximate surface area is 253 Å². The van der Waals surface area contributed by atoms with Crippen LogP contribution in [0.15, 0.2) is 77.7 Å². The number of unbranched alkanes of at least 4 members (excludes halogenated alkanes) is 1. The van der Waals surface area contributed by atoms with Crippen LogP contribution in [-0.2, 0) is 26.2 Å². The number of carbonyl (C=O) groups excluding carboxylic acids is 2. The molecule has 0 aliphatic rings. The molecule has 0 spiro atoms. The Bertz CT molecular complexity index is 1430. The van der Waals surface area contributed by atoms with Crippen molar-refractivity contribution in [3.8, 4) is 11.5 Å². The predicted molar refractivity (Wildman–Crippen MR) is 165 cm³/mol. The lowest BCUT2D eigenvalue weighted by Gasteiger charge is -2.33. The Morgan fingerprint density at radius 2 is 1.60 bits per heavy atom. The normalized spacial score (nSPS) is 11.8. The maximum Gasteiger partial charge on any atom is 0.264 e. The van der Waals surface area contributed by atoms with Crippen molar-refractivity contribution in [2.45, 2.75) is 50.6 Å². The molecule has 1 unspecified atom stereocenters. The van der Waals surface area contributed by atoms with E-state index in [2.05, 4.69) is 5.32 Å². The number of rotatable bonds is 15. The molecule has 3 aromatic rings. The number of ether oxygens (including phenoxy) is 2. The number of carbonyl (C=O) groups is 2. The third kappa shape index (κ3) is 8.17. The highest BCUT2D eigenvalue weighted by atomic mass is 35.5. The summed E-state index contributed by atoms with van der Waals surface area (Å²) in [6.07, 6.45) is 2.04.